The fourth-order valence-electron chi connectivity index (χ4n) is 5.33. The van der Waals surface area contributed by atoms with Gasteiger partial charge in [-0.05, 0) is 48.5 Å². The van der Waals surface area contributed by atoms with Crippen molar-refractivity contribution in [3.8, 4) is 23.2 Å². The van der Waals surface area contributed by atoms with E-state index in [1.165, 1.54) is 18.3 Å². The number of alkyl halides is 3. The van der Waals surface area contributed by atoms with E-state index in [-0.39, 0.29) is 49.2 Å². The van der Waals surface area contributed by atoms with Crippen LogP contribution in [0.4, 0.5) is 24.8 Å². The number of carbonyl (C=O) groups excluding carboxylic acids is 2. The first-order valence-electron chi connectivity index (χ1n) is 14.4. The van der Waals surface area contributed by atoms with E-state index in [4.69, 9.17) is 10.8 Å². The number of fused-ring (bicyclic) bond motifs is 1. The molecule has 13 heteroatoms. The Labute approximate surface area is 263 Å². The van der Waals surface area contributed by atoms with Gasteiger partial charge < -0.3 is 26.0 Å². The molecule has 0 aliphatic carbocycles. The summed E-state index contributed by atoms with van der Waals surface area (Å²) in [5, 5.41) is 14.5. The quantitative estimate of drug-likeness (QED) is 0.219. The minimum atomic E-state index is -4.62. The van der Waals surface area contributed by atoms with Gasteiger partial charge in [0.2, 0.25) is 11.9 Å². The summed E-state index contributed by atoms with van der Waals surface area (Å²) in [5.74, 6) is 5.55. The van der Waals surface area contributed by atoms with Gasteiger partial charge in [0.1, 0.15) is 5.69 Å². The average molecular weight is 632 g/mol. The number of aliphatic hydroxyl groups is 1. The lowest BCUT2D eigenvalue weighted by Crippen LogP contribution is -2.31. The molecule has 46 heavy (non-hydrogen) atoms. The molecule has 0 atom stereocenters. The Kier molecular flexibility index (Phi) is 9.41. The highest BCUT2D eigenvalue weighted by Crippen LogP contribution is 2.34. The Morgan fingerprint density at radius 2 is 2.00 bits per heavy atom. The first-order chi connectivity index (χ1) is 21.9. The third kappa shape index (κ3) is 7.36. The van der Waals surface area contributed by atoms with Gasteiger partial charge in [-0.1, -0.05) is 30.0 Å². The lowest BCUT2D eigenvalue weighted by Gasteiger charge is -2.20. The van der Waals surface area contributed by atoms with Crippen LogP contribution >= 0.6 is 0 Å². The molecule has 0 radical (unpaired) electrons. The maximum Gasteiger partial charge on any atom is 0.416 e. The lowest BCUT2D eigenvalue weighted by molar-refractivity contribution is -0.138. The van der Waals surface area contributed by atoms with Crippen LogP contribution in [0.15, 0.2) is 54.7 Å². The number of nitrogens with two attached hydrogens (primary N) is 1. The highest BCUT2D eigenvalue weighted by atomic mass is 19.4. The largest absolute Gasteiger partial charge is 0.416 e. The third-order valence-electron chi connectivity index (χ3n) is 7.55. The fraction of sp³-hybridized carbons (Fsp3) is 0.273. The predicted octanol–water partition coefficient (Wildman–Crippen LogP) is 3.37. The zero-order chi connectivity index (χ0) is 33.0. The molecule has 2 aromatic carbocycles. The molecule has 1 aliphatic heterocycles. The van der Waals surface area contributed by atoms with E-state index in [0.29, 0.717) is 46.6 Å². The number of aliphatic hydroxyl groups excluding tert-OH is 1. The molecule has 5 rings (SSSR count). The number of anilines is 2. The first kappa shape index (κ1) is 32.2. The second-order valence-electron chi connectivity index (χ2n) is 11.0. The third-order valence-corrected chi connectivity index (χ3v) is 7.55. The van der Waals surface area contributed by atoms with E-state index in [2.05, 4.69) is 32.4 Å². The molecule has 0 saturated carbocycles. The molecule has 1 aliphatic rings. The van der Waals surface area contributed by atoms with Crippen molar-refractivity contribution in [3.63, 3.8) is 0 Å². The van der Waals surface area contributed by atoms with Crippen molar-refractivity contribution in [2.45, 2.75) is 25.6 Å². The number of nitrogens with one attached hydrogen (secondary N) is 2. The minimum absolute atomic E-state index is 0.00808. The smallest absolute Gasteiger partial charge is 0.395 e. The van der Waals surface area contributed by atoms with Crippen molar-refractivity contribution < 1.29 is 27.9 Å². The number of nitrogen functional groups attached to an aromatic ring is 1. The number of aromatic nitrogens is 3. The number of rotatable bonds is 8. The molecule has 0 spiro atoms. The summed E-state index contributed by atoms with van der Waals surface area (Å²) in [7, 11) is 3.47. The lowest BCUT2D eigenvalue weighted by atomic mass is 10.0. The number of benzene rings is 2. The van der Waals surface area contributed by atoms with Gasteiger partial charge in [0.15, 0.2) is 0 Å². The number of carbonyl (C=O) groups is 2. The molecule has 10 nitrogen and oxygen atoms in total. The summed E-state index contributed by atoms with van der Waals surface area (Å²) < 4.78 is 43.3. The van der Waals surface area contributed by atoms with Crippen LogP contribution in [0.2, 0.25) is 0 Å². The second-order valence-corrected chi connectivity index (χ2v) is 11.0. The van der Waals surface area contributed by atoms with E-state index in [1.54, 1.807) is 42.3 Å². The van der Waals surface area contributed by atoms with E-state index in [0.717, 1.165) is 11.8 Å². The number of likely N-dealkylation sites (N-methyl/N-ethyl adjacent to an activating group) is 1. The number of hydrogen-bond acceptors (Lipinski definition) is 7. The molecule has 3 heterocycles. The van der Waals surface area contributed by atoms with Crippen LogP contribution in [0.3, 0.4) is 0 Å². The summed E-state index contributed by atoms with van der Waals surface area (Å²) in [6.07, 6.45) is -2.52. The molecule has 0 unspecified atom stereocenters. The summed E-state index contributed by atoms with van der Waals surface area (Å²) in [4.78, 5) is 35.3. The summed E-state index contributed by atoms with van der Waals surface area (Å²) in [6.45, 7) is 0.585. The van der Waals surface area contributed by atoms with Crippen LogP contribution in [0.25, 0.3) is 11.4 Å². The van der Waals surface area contributed by atoms with Crippen molar-refractivity contribution in [3.05, 3.63) is 93.8 Å². The normalized spacial score (nSPS) is 12.7. The maximum absolute atomic E-state index is 13.8. The Morgan fingerprint density at radius 1 is 1.20 bits per heavy atom. The molecule has 2 aromatic heterocycles. The van der Waals surface area contributed by atoms with Crippen molar-refractivity contribution in [1.29, 1.82) is 0 Å². The van der Waals surface area contributed by atoms with Crippen LogP contribution < -0.4 is 16.4 Å². The van der Waals surface area contributed by atoms with Gasteiger partial charge in [0.25, 0.3) is 5.91 Å². The number of nitrogens with zero attached hydrogens (tertiary/aromatic N) is 4. The van der Waals surface area contributed by atoms with E-state index in [1.807, 2.05) is 11.6 Å². The van der Waals surface area contributed by atoms with Crippen molar-refractivity contribution in [2.24, 2.45) is 7.05 Å². The minimum Gasteiger partial charge on any atom is -0.395 e. The number of hydrogen-bond donors (Lipinski definition) is 4. The topological polar surface area (TPSA) is 138 Å². The van der Waals surface area contributed by atoms with Crippen molar-refractivity contribution >= 4 is 23.5 Å². The Morgan fingerprint density at radius 3 is 2.74 bits per heavy atom. The Balaban J connectivity index is 1.33. The molecule has 4 aromatic rings. The summed E-state index contributed by atoms with van der Waals surface area (Å²) in [5.41, 5.74) is 9.41. The number of halogens is 3. The van der Waals surface area contributed by atoms with Crippen molar-refractivity contribution in [2.75, 3.05) is 37.8 Å². The van der Waals surface area contributed by atoms with E-state index >= 15 is 0 Å². The Bertz CT molecular complexity index is 1860. The molecule has 5 N–H and O–H groups in total. The second kappa shape index (κ2) is 13.4. The Hall–Kier alpha value is -5.19. The van der Waals surface area contributed by atoms with Crippen LogP contribution in [-0.4, -0.2) is 63.1 Å². The maximum atomic E-state index is 13.8. The van der Waals surface area contributed by atoms with E-state index < -0.39 is 17.6 Å². The monoisotopic (exact) mass is 631 g/mol. The average Bonchev–Trinajstić information content (AvgIpc) is 3.34. The fourth-order valence-corrected chi connectivity index (χ4v) is 5.33. The molecule has 0 bridgehead atoms. The van der Waals surface area contributed by atoms with Gasteiger partial charge in [-0.15, -0.1) is 0 Å². The van der Waals surface area contributed by atoms with E-state index in [9.17, 15) is 22.8 Å². The van der Waals surface area contributed by atoms with Gasteiger partial charge >= 0.3 is 6.18 Å². The zero-order valence-electron chi connectivity index (χ0n) is 25.2. The van der Waals surface area contributed by atoms with Crippen LogP contribution in [0.5, 0.6) is 0 Å². The van der Waals surface area contributed by atoms with Crippen molar-refractivity contribution in [1.82, 2.24) is 24.8 Å². The molecular formula is C33H32F3N7O3. The van der Waals surface area contributed by atoms with Gasteiger partial charge in [0.05, 0.1) is 35.4 Å². The van der Waals surface area contributed by atoms with Crippen LogP contribution in [0, 0.1) is 11.8 Å². The van der Waals surface area contributed by atoms with Crippen LogP contribution in [-0.2, 0) is 37.4 Å². The molecule has 2 amide bonds. The predicted molar refractivity (Wildman–Crippen MR) is 167 cm³/mol. The molecule has 0 saturated heterocycles. The number of amides is 2. The first-order valence-corrected chi connectivity index (χ1v) is 14.4. The summed E-state index contributed by atoms with van der Waals surface area (Å²) in [6, 6.07) is 12.4. The zero-order valence-corrected chi connectivity index (χ0v) is 25.2. The molecule has 238 valence electrons. The van der Waals surface area contributed by atoms with Gasteiger partial charge in [-0.3, -0.25) is 14.5 Å². The van der Waals surface area contributed by atoms with Crippen LogP contribution in [0.1, 0.15) is 43.9 Å². The standard InChI is InChI=1S/C33H32F3N7O3/c1-42(12-13-44)19-23-8-9-24(16-26(23)33(34,35)36)40-29(45)15-21-5-3-4-20(14-21)6-7-22-18-39-32(37)41-30(22)28-17-25-27(43(28)2)10-11-38-31(25)46/h3-5,8-9,14,16-18,44H,10-13,15,19H2,1-2H3,(H,38,46)(H,40,45)(H2,37,39,41). The highest BCUT2D eigenvalue weighted by Gasteiger charge is 2.34. The van der Waals surface area contributed by atoms with Gasteiger partial charge in [-0.25, -0.2) is 9.97 Å². The summed E-state index contributed by atoms with van der Waals surface area (Å²) >= 11 is 0. The SMILES string of the molecule is CN(CCO)Cc1ccc(NC(=O)Cc2cccc(C#Cc3cnc(N)nc3-c3cc4c(n3C)CCNC4=O)c2)cc1C(F)(F)F. The molecule has 0 fully saturated rings. The van der Waals surface area contributed by atoms with Gasteiger partial charge in [-0.2, -0.15) is 13.2 Å². The highest BCUT2D eigenvalue weighted by molar-refractivity contribution is 5.98. The molecular weight excluding hydrogens is 599 g/mol. The van der Waals surface area contributed by atoms with Gasteiger partial charge in [0, 0.05) is 56.2 Å².